The lowest BCUT2D eigenvalue weighted by Crippen LogP contribution is -1.95. The van der Waals surface area contributed by atoms with Gasteiger partial charge in [0, 0.05) is 6.26 Å². The van der Waals surface area contributed by atoms with Crippen LogP contribution in [0.25, 0.3) is 0 Å². The van der Waals surface area contributed by atoms with Crippen molar-refractivity contribution in [3.63, 3.8) is 0 Å². The van der Waals surface area contributed by atoms with Crippen molar-refractivity contribution in [1.82, 2.24) is 10.2 Å². The van der Waals surface area contributed by atoms with Crippen LogP contribution in [0.4, 0.5) is 11.5 Å². The highest BCUT2D eigenvalue weighted by atomic mass is 32.2. The van der Waals surface area contributed by atoms with Gasteiger partial charge in [0.25, 0.3) is 0 Å². The maximum absolute atomic E-state index is 10.8. The van der Waals surface area contributed by atoms with Crippen LogP contribution in [-0.2, 0) is 10.8 Å². The molecule has 0 aliphatic carbocycles. The molecule has 0 saturated carbocycles. The van der Waals surface area contributed by atoms with E-state index < -0.39 is 10.8 Å². The van der Waals surface area contributed by atoms with Crippen LogP contribution < -0.4 is 11.5 Å². The standard InChI is InChI=1S/C4H8N4OS/c1-10(9)4-2(5)3(6)7-8-4/h5H2,1H3,(H3,6,7,8). The molecule has 1 atom stereocenters. The van der Waals surface area contributed by atoms with Crippen LogP contribution in [0.3, 0.4) is 0 Å². The van der Waals surface area contributed by atoms with Crippen molar-refractivity contribution >= 4 is 22.3 Å². The van der Waals surface area contributed by atoms with E-state index in [0.717, 1.165) is 0 Å². The number of nitrogen functional groups attached to an aromatic ring is 2. The zero-order valence-electron chi connectivity index (χ0n) is 5.42. The molecule has 6 heteroatoms. The summed E-state index contributed by atoms with van der Waals surface area (Å²) in [5.41, 5.74) is 10.9. The minimum absolute atomic E-state index is 0.199. The van der Waals surface area contributed by atoms with Gasteiger partial charge >= 0.3 is 0 Å². The third-order valence-corrected chi connectivity index (χ3v) is 1.97. The van der Waals surface area contributed by atoms with Crippen LogP contribution in [0.5, 0.6) is 0 Å². The average molecular weight is 160 g/mol. The van der Waals surface area contributed by atoms with E-state index >= 15 is 0 Å². The number of H-pyrrole nitrogens is 1. The van der Waals surface area contributed by atoms with E-state index in [4.69, 9.17) is 11.5 Å². The molecule has 56 valence electrons. The summed E-state index contributed by atoms with van der Waals surface area (Å²) in [5, 5.41) is 6.43. The van der Waals surface area contributed by atoms with E-state index in [1.807, 2.05) is 0 Å². The summed E-state index contributed by atoms with van der Waals surface area (Å²) in [6, 6.07) is 0. The number of hydrogen-bond donors (Lipinski definition) is 3. The predicted octanol–water partition coefficient (Wildman–Crippen LogP) is -0.688. The second-order valence-electron chi connectivity index (χ2n) is 1.81. The van der Waals surface area contributed by atoms with Crippen molar-refractivity contribution in [1.29, 1.82) is 0 Å². The summed E-state index contributed by atoms with van der Waals surface area (Å²) in [4.78, 5) is 0. The van der Waals surface area contributed by atoms with Crippen LogP contribution in [-0.4, -0.2) is 20.7 Å². The molecule has 0 fully saturated rings. The molecular formula is C4H8N4OS. The average Bonchev–Trinajstić information content (AvgIpc) is 2.14. The molecule has 0 radical (unpaired) electrons. The Balaban J connectivity index is 3.17. The first-order chi connectivity index (χ1) is 4.63. The Morgan fingerprint density at radius 1 is 1.60 bits per heavy atom. The van der Waals surface area contributed by atoms with Crippen molar-refractivity contribution in [3.05, 3.63) is 0 Å². The summed E-state index contributed by atoms with van der Waals surface area (Å²) < 4.78 is 10.8. The monoisotopic (exact) mass is 160 g/mol. The van der Waals surface area contributed by atoms with Crippen molar-refractivity contribution in [2.45, 2.75) is 5.03 Å². The minimum Gasteiger partial charge on any atom is -0.393 e. The number of aromatic amines is 1. The quantitative estimate of drug-likeness (QED) is 0.506. The molecule has 1 heterocycles. The van der Waals surface area contributed by atoms with Crippen molar-refractivity contribution in [2.24, 2.45) is 0 Å². The summed E-state index contributed by atoms with van der Waals surface area (Å²) in [7, 11) is -1.14. The molecule has 1 aromatic rings. The van der Waals surface area contributed by atoms with Gasteiger partial charge in [-0.25, -0.2) is 0 Å². The number of hydrogen-bond acceptors (Lipinski definition) is 4. The first kappa shape index (κ1) is 7.07. The SMILES string of the molecule is CS(=O)c1[nH]nc(N)c1N. The van der Waals surface area contributed by atoms with Gasteiger partial charge in [-0.1, -0.05) is 0 Å². The fraction of sp³-hybridized carbons (Fsp3) is 0.250. The number of nitrogens with zero attached hydrogens (tertiary/aromatic N) is 1. The minimum atomic E-state index is -1.14. The second kappa shape index (κ2) is 2.30. The van der Waals surface area contributed by atoms with Crippen LogP contribution >= 0.6 is 0 Å². The fourth-order valence-electron chi connectivity index (χ4n) is 0.567. The van der Waals surface area contributed by atoms with Gasteiger partial charge in [-0.2, -0.15) is 5.10 Å². The van der Waals surface area contributed by atoms with E-state index in [1.165, 1.54) is 6.26 Å². The zero-order chi connectivity index (χ0) is 7.72. The second-order valence-corrected chi connectivity index (χ2v) is 3.12. The van der Waals surface area contributed by atoms with Crippen LogP contribution in [0.2, 0.25) is 0 Å². The van der Waals surface area contributed by atoms with Gasteiger partial charge in [0.05, 0.1) is 10.8 Å². The number of aromatic nitrogens is 2. The number of rotatable bonds is 1. The van der Waals surface area contributed by atoms with Crippen LogP contribution in [0.1, 0.15) is 0 Å². The zero-order valence-corrected chi connectivity index (χ0v) is 6.23. The Kier molecular flexibility index (Phi) is 1.62. The summed E-state index contributed by atoms with van der Waals surface area (Å²) in [6.07, 6.45) is 1.50. The van der Waals surface area contributed by atoms with E-state index in [0.29, 0.717) is 5.03 Å². The smallest absolute Gasteiger partial charge is 0.169 e. The Morgan fingerprint density at radius 3 is 2.40 bits per heavy atom. The largest absolute Gasteiger partial charge is 0.393 e. The van der Waals surface area contributed by atoms with E-state index in [2.05, 4.69) is 10.2 Å². The molecule has 0 saturated heterocycles. The summed E-state index contributed by atoms with van der Waals surface area (Å²) in [6.45, 7) is 0. The van der Waals surface area contributed by atoms with Gasteiger partial charge in [0.15, 0.2) is 5.82 Å². The molecule has 1 rings (SSSR count). The van der Waals surface area contributed by atoms with E-state index in [1.54, 1.807) is 0 Å². The predicted molar refractivity (Wildman–Crippen MR) is 39.7 cm³/mol. The highest BCUT2D eigenvalue weighted by Gasteiger charge is 2.08. The molecule has 10 heavy (non-hydrogen) atoms. The van der Waals surface area contributed by atoms with Gasteiger partial charge in [-0.15, -0.1) is 0 Å². The molecule has 1 unspecified atom stereocenters. The van der Waals surface area contributed by atoms with Gasteiger partial charge < -0.3 is 11.5 Å². The Hall–Kier alpha value is -1.04. The highest BCUT2D eigenvalue weighted by molar-refractivity contribution is 7.84. The van der Waals surface area contributed by atoms with Crippen molar-refractivity contribution < 1.29 is 4.21 Å². The molecule has 0 aliphatic heterocycles. The summed E-state index contributed by atoms with van der Waals surface area (Å²) in [5.74, 6) is 0.199. The first-order valence-electron chi connectivity index (χ1n) is 2.55. The third kappa shape index (κ3) is 0.971. The molecular weight excluding hydrogens is 152 g/mol. The lowest BCUT2D eigenvalue weighted by atomic mass is 10.5. The summed E-state index contributed by atoms with van der Waals surface area (Å²) >= 11 is 0. The normalized spacial score (nSPS) is 13.3. The molecule has 5 N–H and O–H groups in total. The molecule has 0 bridgehead atoms. The molecule has 1 aromatic heterocycles. The molecule has 0 aromatic carbocycles. The van der Waals surface area contributed by atoms with Gasteiger partial charge in [0.2, 0.25) is 0 Å². The van der Waals surface area contributed by atoms with E-state index in [-0.39, 0.29) is 11.5 Å². The molecule has 5 nitrogen and oxygen atoms in total. The third-order valence-electron chi connectivity index (χ3n) is 1.09. The topological polar surface area (TPSA) is 97.8 Å². The number of anilines is 2. The Morgan fingerprint density at radius 2 is 2.20 bits per heavy atom. The van der Waals surface area contributed by atoms with Gasteiger partial charge in [0.1, 0.15) is 10.7 Å². The van der Waals surface area contributed by atoms with E-state index in [9.17, 15) is 4.21 Å². The Bertz CT molecular complexity index is 268. The molecule has 0 aliphatic rings. The van der Waals surface area contributed by atoms with Crippen LogP contribution in [0.15, 0.2) is 5.03 Å². The van der Waals surface area contributed by atoms with Crippen LogP contribution in [0, 0.1) is 0 Å². The lowest BCUT2D eigenvalue weighted by Gasteiger charge is -1.90. The van der Waals surface area contributed by atoms with Gasteiger partial charge in [-0.05, 0) is 0 Å². The maximum atomic E-state index is 10.8. The molecule has 0 amide bonds. The van der Waals surface area contributed by atoms with Crippen molar-refractivity contribution in [2.75, 3.05) is 17.7 Å². The number of nitrogens with two attached hydrogens (primary N) is 2. The lowest BCUT2D eigenvalue weighted by molar-refractivity contribution is 0.684. The molecule has 0 spiro atoms. The maximum Gasteiger partial charge on any atom is 0.169 e. The Labute approximate surface area is 60.2 Å². The van der Waals surface area contributed by atoms with Gasteiger partial charge in [-0.3, -0.25) is 9.31 Å². The highest BCUT2D eigenvalue weighted by Crippen LogP contribution is 2.17. The fourth-order valence-corrected chi connectivity index (χ4v) is 1.16. The first-order valence-corrected chi connectivity index (χ1v) is 4.11. The number of nitrogens with one attached hydrogen (secondary N) is 1. The van der Waals surface area contributed by atoms with Crippen molar-refractivity contribution in [3.8, 4) is 0 Å².